The molecule has 1 fully saturated rings. The number of anilines is 1. The molecule has 1 heterocycles. The number of morpholine rings is 1. The monoisotopic (exact) mass is 236 g/mol. The summed E-state index contributed by atoms with van der Waals surface area (Å²) in [5.74, 6) is 0.609. The molecule has 5 nitrogen and oxygen atoms in total. The van der Waals surface area contributed by atoms with Crippen molar-refractivity contribution in [1.82, 2.24) is 0 Å². The van der Waals surface area contributed by atoms with Gasteiger partial charge in [-0.05, 0) is 12.1 Å². The fraction of sp³-hybridized carbons (Fsp3) is 0.417. The Balaban J connectivity index is 2.27. The molecular weight excluding hydrogens is 220 g/mol. The van der Waals surface area contributed by atoms with E-state index in [-0.39, 0.29) is 18.6 Å². The van der Waals surface area contributed by atoms with Crippen LogP contribution < -0.4 is 15.4 Å². The largest absolute Gasteiger partial charge is 0.495 e. The van der Waals surface area contributed by atoms with Crippen LogP contribution in [-0.2, 0) is 9.53 Å². The van der Waals surface area contributed by atoms with Crippen molar-refractivity contribution in [2.75, 3.05) is 31.7 Å². The Morgan fingerprint density at radius 1 is 1.53 bits per heavy atom. The highest BCUT2D eigenvalue weighted by molar-refractivity contribution is 5.96. The van der Waals surface area contributed by atoms with Crippen LogP contribution in [0.3, 0.4) is 0 Å². The van der Waals surface area contributed by atoms with E-state index in [9.17, 15) is 4.79 Å². The highest BCUT2D eigenvalue weighted by Crippen LogP contribution is 2.29. The van der Waals surface area contributed by atoms with E-state index in [0.717, 1.165) is 5.69 Å². The number of nitrogens with two attached hydrogens (primary N) is 1. The summed E-state index contributed by atoms with van der Waals surface area (Å²) in [6.07, 6.45) is -0.113. The summed E-state index contributed by atoms with van der Waals surface area (Å²) in [7, 11) is 1.59. The van der Waals surface area contributed by atoms with E-state index in [1.807, 2.05) is 24.3 Å². The van der Waals surface area contributed by atoms with Crippen LogP contribution in [0.15, 0.2) is 24.3 Å². The number of hydrogen-bond donors (Lipinski definition) is 1. The van der Waals surface area contributed by atoms with E-state index in [1.54, 1.807) is 12.0 Å². The fourth-order valence-corrected chi connectivity index (χ4v) is 1.85. The average Bonchev–Trinajstić information content (AvgIpc) is 2.39. The molecule has 0 saturated carbocycles. The van der Waals surface area contributed by atoms with Crippen LogP contribution in [-0.4, -0.2) is 38.8 Å². The Morgan fingerprint density at radius 3 is 3.00 bits per heavy atom. The molecule has 0 bridgehead atoms. The Kier molecular flexibility index (Phi) is 3.61. The predicted octanol–water partition coefficient (Wildman–Crippen LogP) is 0.386. The number of methoxy groups -OCH3 is 1. The fourth-order valence-electron chi connectivity index (χ4n) is 1.85. The van der Waals surface area contributed by atoms with Gasteiger partial charge >= 0.3 is 0 Å². The minimum atomic E-state index is -0.113. The van der Waals surface area contributed by atoms with Gasteiger partial charge in [0.1, 0.15) is 12.4 Å². The summed E-state index contributed by atoms with van der Waals surface area (Å²) >= 11 is 0. The van der Waals surface area contributed by atoms with Gasteiger partial charge in [0.15, 0.2) is 0 Å². The molecule has 0 aromatic heterocycles. The molecule has 92 valence electrons. The topological polar surface area (TPSA) is 64.8 Å². The van der Waals surface area contributed by atoms with Crippen molar-refractivity contribution >= 4 is 11.6 Å². The number of para-hydroxylation sites is 2. The van der Waals surface area contributed by atoms with Crippen molar-refractivity contribution in [3.05, 3.63) is 24.3 Å². The summed E-state index contributed by atoms with van der Waals surface area (Å²) in [6, 6.07) is 7.43. The summed E-state index contributed by atoms with van der Waals surface area (Å²) in [6.45, 7) is 0.939. The zero-order valence-electron chi connectivity index (χ0n) is 9.76. The molecule has 1 atom stereocenters. The predicted molar refractivity (Wildman–Crippen MR) is 64.1 cm³/mol. The molecule has 0 radical (unpaired) electrons. The van der Waals surface area contributed by atoms with Gasteiger partial charge in [-0.2, -0.15) is 0 Å². The van der Waals surface area contributed by atoms with Crippen LogP contribution >= 0.6 is 0 Å². The van der Waals surface area contributed by atoms with Crippen LogP contribution in [0.4, 0.5) is 5.69 Å². The first kappa shape index (κ1) is 11.9. The molecule has 1 aliphatic heterocycles. The molecule has 1 aromatic rings. The maximum Gasteiger partial charge on any atom is 0.253 e. The molecule has 2 N–H and O–H groups in total. The molecule has 1 aliphatic rings. The van der Waals surface area contributed by atoms with Crippen LogP contribution in [0.1, 0.15) is 0 Å². The summed E-state index contributed by atoms with van der Waals surface area (Å²) in [5.41, 5.74) is 6.33. The van der Waals surface area contributed by atoms with Gasteiger partial charge in [-0.15, -0.1) is 0 Å². The quantitative estimate of drug-likeness (QED) is 0.824. The number of nitrogens with zero attached hydrogens (tertiary/aromatic N) is 1. The van der Waals surface area contributed by atoms with Gasteiger partial charge in [-0.25, -0.2) is 0 Å². The van der Waals surface area contributed by atoms with E-state index < -0.39 is 0 Å². The molecule has 0 spiro atoms. The third-order valence-corrected chi connectivity index (χ3v) is 2.77. The van der Waals surface area contributed by atoms with Gasteiger partial charge in [0.25, 0.3) is 5.91 Å². The minimum absolute atomic E-state index is 0.0694. The van der Waals surface area contributed by atoms with Crippen molar-refractivity contribution in [3.8, 4) is 5.75 Å². The highest BCUT2D eigenvalue weighted by Gasteiger charge is 2.28. The number of ether oxygens (including phenoxy) is 2. The maximum atomic E-state index is 11.8. The normalized spacial score (nSPS) is 20.5. The molecule has 0 aliphatic carbocycles. The lowest BCUT2D eigenvalue weighted by molar-refractivity contribution is -0.128. The summed E-state index contributed by atoms with van der Waals surface area (Å²) in [5, 5.41) is 0. The molecule has 2 rings (SSSR count). The zero-order valence-corrected chi connectivity index (χ0v) is 9.76. The number of carbonyl (C=O) groups excluding carboxylic acids is 1. The van der Waals surface area contributed by atoms with Crippen molar-refractivity contribution in [3.63, 3.8) is 0 Å². The van der Waals surface area contributed by atoms with Crippen molar-refractivity contribution in [1.29, 1.82) is 0 Å². The van der Waals surface area contributed by atoms with E-state index in [4.69, 9.17) is 15.2 Å². The van der Waals surface area contributed by atoms with E-state index in [2.05, 4.69) is 0 Å². The number of benzene rings is 1. The first-order chi connectivity index (χ1) is 8.26. The molecule has 1 aromatic carbocycles. The smallest absolute Gasteiger partial charge is 0.253 e. The second-order valence-corrected chi connectivity index (χ2v) is 3.84. The third-order valence-electron chi connectivity index (χ3n) is 2.77. The Bertz CT molecular complexity index is 408. The highest BCUT2D eigenvalue weighted by atomic mass is 16.5. The number of hydrogen-bond acceptors (Lipinski definition) is 4. The Labute approximate surface area is 100 Å². The van der Waals surface area contributed by atoms with Crippen molar-refractivity contribution in [2.24, 2.45) is 5.73 Å². The van der Waals surface area contributed by atoms with Gasteiger partial charge in [0, 0.05) is 6.54 Å². The Hall–Kier alpha value is -1.59. The van der Waals surface area contributed by atoms with Crippen LogP contribution in [0.5, 0.6) is 5.75 Å². The zero-order chi connectivity index (χ0) is 12.3. The first-order valence-corrected chi connectivity index (χ1v) is 5.51. The summed E-state index contributed by atoms with van der Waals surface area (Å²) in [4.78, 5) is 13.5. The second kappa shape index (κ2) is 5.16. The number of carbonyl (C=O) groups is 1. The Morgan fingerprint density at radius 2 is 2.29 bits per heavy atom. The van der Waals surface area contributed by atoms with Gasteiger partial charge in [-0.1, -0.05) is 12.1 Å². The second-order valence-electron chi connectivity index (χ2n) is 3.84. The number of amides is 1. The average molecular weight is 236 g/mol. The lowest BCUT2D eigenvalue weighted by atomic mass is 10.2. The van der Waals surface area contributed by atoms with E-state index in [1.165, 1.54) is 0 Å². The standard InChI is InChI=1S/C12H16N2O3/c1-16-11-5-3-2-4-10(11)14-7-9(6-13)17-8-12(14)15/h2-5,9H,6-8,13H2,1H3. The molecular formula is C12H16N2O3. The van der Waals surface area contributed by atoms with Crippen LogP contribution in [0.2, 0.25) is 0 Å². The lowest BCUT2D eigenvalue weighted by Gasteiger charge is -2.32. The number of rotatable bonds is 3. The van der Waals surface area contributed by atoms with E-state index in [0.29, 0.717) is 18.8 Å². The molecule has 5 heteroatoms. The maximum absolute atomic E-state index is 11.8. The van der Waals surface area contributed by atoms with E-state index >= 15 is 0 Å². The minimum Gasteiger partial charge on any atom is -0.495 e. The first-order valence-electron chi connectivity index (χ1n) is 5.51. The van der Waals surface area contributed by atoms with Gasteiger partial charge < -0.3 is 20.1 Å². The third kappa shape index (κ3) is 2.40. The van der Waals surface area contributed by atoms with Crippen LogP contribution in [0, 0.1) is 0 Å². The molecule has 1 unspecified atom stereocenters. The van der Waals surface area contributed by atoms with Crippen molar-refractivity contribution < 1.29 is 14.3 Å². The van der Waals surface area contributed by atoms with Gasteiger partial charge in [0.05, 0.1) is 25.4 Å². The van der Waals surface area contributed by atoms with Gasteiger partial charge in [0.2, 0.25) is 0 Å². The molecule has 1 saturated heterocycles. The summed E-state index contributed by atoms with van der Waals surface area (Å²) < 4.78 is 10.6. The van der Waals surface area contributed by atoms with Gasteiger partial charge in [-0.3, -0.25) is 4.79 Å². The lowest BCUT2D eigenvalue weighted by Crippen LogP contribution is -2.49. The molecule has 17 heavy (non-hydrogen) atoms. The van der Waals surface area contributed by atoms with Crippen LogP contribution in [0.25, 0.3) is 0 Å². The SMILES string of the molecule is COc1ccccc1N1CC(CN)OCC1=O. The molecule has 1 amide bonds. The van der Waals surface area contributed by atoms with Crippen molar-refractivity contribution in [2.45, 2.75) is 6.10 Å².